The Kier molecular flexibility index (Phi) is 2.50. The minimum Gasteiger partial charge on any atom is -0.279 e. The predicted octanol–water partition coefficient (Wildman–Crippen LogP) is 2.54. The zero-order valence-electron chi connectivity index (χ0n) is 5.58. The monoisotopic (exact) mass is 249 g/mol. The average molecular weight is 249 g/mol. The van der Waals surface area contributed by atoms with E-state index in [1.54, 1.807) is 0 Å². The third kappa shape index (κ3) is 1.60. The fourth-order valence-electron chi connectivity index (χ4n) is 0.770. The summed E-state index contributed by atoms with van der Waals surface area (Å²) in [6.07, 6.45) is 0. The molecule has 0 unspecified atom stereocenters. The maximum atomic E-state index is 9.02. The lowest BCUT2D eigenvalue weighted by molar-refractivity contribution is 0.345. The molecule has 54 valence electrons. The number of hydrogen-bond acceptors (Lipinski definition) is 2. The van der Waals surface area contributed by atoms with Crippen molar-refractivity contribution in [1.82, 2.24) is 0 Å². The molecule has 0 fully saturated rings. The van der Waals surface area contributed by atoms with E-state index in [1.165, 1.54) is 0 Å². The van der Waals surface area contributed by atoms with Gasteiger partial charge in [-0.05, 0) is 18.6 Å². The van der Waals surface area contributed by atoms with Crippen LogP contribution in [0.15, 0.2) is 24.3 Å². The van der Waals surface area contributed by atoms with E-state index in [9.17, 15) is 0 Å². The highest BCUT2D eigenvalue weighted by molar-refractivity contribution is 14.1. The molecule has 0 bridgehead atoms. The molecule has 1 aromatic rings. The Morgan fingerprint density at radius 2 is 2.00 bits per heavy atom. The molecular formula is C7H8INO. The van der Waals surface area contributed by atoms with Gasteiger partial charge in [-0.3, -0.25) is 5.21 Å². The van der Waals surface area contributed by atoms with Gasteiger partial charge in [0, 0.05) is 0 Å². The van der Waals surface area contributed by atoms with Gasteiger partial charge in [0.2, 0.25) is 0 Å². The smallest absolute Gasteiger partial charge is 0.0902 e. The molecule has 0 heterocycles. The summed E-state index contributed by atoms with van der Waals surface area (Å²) in [6.45, 7) is 1.96. The molecular weight excluding hydrogens is 241 g/mol. The molecule has 1 aromatic carbocycles. The summed E-state index contributed by atoms with van der Waals surface area (Å²) < 4.78 is 1.09. The molecule has 0 atom stereocenters. The molecule has 0 radical (unpaired) electrons. The van der Waals surface area contributed by atoms with Gasteiger partial charge in [-0.15, -0.1) is 0 Å². The van der Waals surface area contributed by atoms with E-state index in [1.807, 2.05) is 54.1 Å². The minimum absolute atomic E-state index is 0.836. The molecule has 0 aromatic heterocycles. The molecule has 0 saturated carbocycles. The van der Waals surface area contributed by atoms with E-state index in [0.29, 0.717) is 0 Å². The van der Waals surface area contributed by atoms with Crippen molar-refractivity contribution in [2.45, 2.75) is 6.92 Å². The molecule has 0 spiro atoms. The molecule has 1 rings (SSSR count). The van der Waals surface area contributed by atoms with Crippen LogP contribution in [-0.4, -0.2) is 5.21 Å². The first-order chi connectivity index (χ1) is 4.72. The maximum Gasteiger partial charge on any atom is 0.0902 e. The number of halogens is 1. The Morgan fingerprint density at radius 1 is 1.40 bits per heavy atom. The van der Waals surface area contributed by atoms with Crippen molar-refractivity contribution in [2.75, 3.05) is 3.28 Å². The van der Waals surface area contributed by atoms with Crippen LogP contribution >= 0.6 is 22.9 Å². The quantitative estimate of drug-likeness (QED) is 0.469. The summed E-state index contributed by atoms with van der Waals surface area (Å²) in [5, 5.41) is 9.02. The molecule has 2 nitrogen and oxygen atoms in total. The summed E-state index contributed by atoms with van der Waals surface area (Å²) in [5.74, 6) is 0. The van der Waals surface area contributed by atoms with Crippen molar-refractivity contribution in [3.8, 4) is 0 Å². The van der Waals surface area contributed by atoms with Gasteiger partial charge in [-0.1, -0.05) is 18.2 Å². The van der Waals surface area contributed by atoms with E-state index in [2.05, 4.69) is 0 Å². The molecule has 0 saturated heterocycles. The molecule has 0 aliphatic heterocycles. The SMILES string of the molecule is Cc1ccccc1N(O)I. The lowest BCUT2D eigenvalue weighted by Gasteiger charge is -2.09. The standard InChI is InChI=1S/C7H8INO/c1-6-4-2-3-5-7(6)9(8)10/h2-5,10H,1H3. The maximum absolute atomic E-state index is 9.02. The van der Waals surface area contributed by atoms with E-state index in [4.69, 9.17) is 5.21 Å². The van der Waals surface area contributed by atoms with E-state index in [-0.39, 0.29) is 0 Å². The Hall–Kier alpha value is -0.290. The van der Waals surface area contributed by atoms with Crippen molar-refractivity contribution < 1.29 is 5.21 Å². The van der Waals surface area contributed by atoms with Gasteiger partial charge in [-0.2, -0.15) is 3.28 Å². The Bertz CT molecular complexity index is 225. The third-order valence-electron chi connectivity index (χ3n) is 1.31. The van der Waals surface area contributed by atoms with Crippen molar-refractivity contribution in [1.29, 1.82) is 0 Å². The molecule has 0 amide bonds. The second kappa shape index (κ2) is 3.21. The largest absolute Gasteiger partial charge is 0.279 e. The first-order valence-corrected chi connectivity index (χ1v) is 3.88. The summed E-state index contributed by atoms with van der Waals surface area (Å²) >= 11 is 1.82. The highest BCUT2D eigenvalue weighted by atomic mass is 127. The highest BCUT2D eigenvalue weighted by Gasteiger charge is 1.99. The van der Waals surface area contributed by atoms with Crippen LogP contribution in [0.4, 0.5) is 5.69 Å². The predicted molar refractivity (Wildman–Crippen MR) is 49.5 cm³/mol. The normalized spacial score (nSPS) is 9.50. The van der Waals surface area contributed by atoms with Gasteiger partial charge < -0.3 is 0 Å². The molecule has 1 N–H and O–H groups in total. The number of nitrogens with zero attached hydrogens (tertiary/aromatic N) is 1. The van der Waals surface area contributed by atoms with Gasteiger partial charge >= 0.3 is 0 Å². The zero-order valence-corrected chi connectivity index (χ0v) is 7.74. The van der Waals surface area contributed by atoms with Crippen molar-refractivity contribution in [3.05, 3.63) is 29.8 Å². The van der Waals surface area contributed by atoms with Gasteiger partial charge in [0.15, 0.2) is 0 Å². The number of aryl methyl sites for hydroxylation is 1. The van der Waals surface area contributed by atoms with Crippen molar-refractivity contribution in [2.24, 2.45) is 0 Å². The summed E-state index contributed by atoms with van der Waals surface area (Å²) in [4.78, 5) is 0. The van der Waals surface area contributed by atoms with Gasteiger partial charge in [0.1, 0.15) is 0 Å². The van der Waals surface area contributed by atoms with Crippen LogP contribution in [0, 0.1) is 6.92 Å². The molecule has 3 heteroatoms. The minimum atomic E-state index is 0.836. The van der Waals surface area contributed by atoms with Crippen LogP contribution in [0.3, 0.4) is 0 Å². The summed E-state index contributed by atoms with van der Waals surface area (Å²) in [6, 6.07) is 7.65. The van der Waals surface area contributed by atoms with Crippen LogP contribution in [0.5, 0.6) is 0 Å². The third-order valence-corrected chi connectivity index (χ3v) is 1.83. The molecule has 10 heavy (non-hydrogen) atoms. The Balaban J connectivity index is 3.03. The lowest BCUT2D eigenvalue weighted by atomic mass is 10.2. The number of anilines is 1. The number of benzene rings is 1. The fourth-order valence-corrected chi connectivity index (χ4v) is 1.31. The summed E-state index contributed by atoms with van der Waals surface area (Å²) in [7, 11) is 0. The first-order valence-electron chi connectivity index (χ1n) is 2.92. The topological polar surface area (TPSA) is 23.5 Å². The second-order valence-electron chi connectivity index (χ2n) is 2.05. The van der Waals surface area contributed by atoms with Gasteiger partial charge in [0.25, 0.3) is 0 Å². The highest BCUT2D eigenvalue weighted by Crippen LogP contribution is 2.19. The fraction of sp³-hybridized carbons (Fsp3) is 0.143. The molecule has 0 aliphatic carbocycles. The molecule has 0 aliphatic rings. The van der Waals surface area contributed by atoms with E-state index < -0.39 is 0 Å². The number of hydrogen-bond donors (Lipinski definition) is 1. The van der Waals surface area contributed by atoms with Crippen LogP contribution in [0.2, 0.25) is 0 Å². The van der Waals surface area contributed by atoms with Crippen LogP contribution in [-0.2, 0) is 0 Å². The number of para-hydroxylation sites is 1. The lowest BCUT2D eigenvalue weighted by Crippen LogP contribution is -2.01. The Morgan fingerprint density at radius 3 is 2.40 bits per heavy atom. The van der Waals surface area contributed by atoms with Crippen molar-refractivity contribution >= 4 is 28.6 Å². The van der Waals surface area contributed by atoms with E-state index in [0.717, 1.165) is 14.5 Å². The zero-order chi connectivity index (χ0) is 7.56. The summed E-state index contributed by atoms with van der Waals surface area (Å²) in [5.41, 5.74) is 1.91. The van der Waals surface area contributed by atoms with Crippen molar-refractivity contribution in [3.63, 3.8) is 0 Å². The van der Waals surface area contributed by atoms with Gasteiger partial charge in [0.05, 0.1) is 28.6 Å². The first kappa shape index (κ1) is 7.81. The average Bonchev–Trinajstić information content (AvgIpc) is 1.88. The van der Waals surface area contributed by atoms with Crippen LogP contribution in [0.1, 0.15) is 5.56 Å². The van der Waals surface area contributed by atoms with Gasteiger partial charge in [-0.25, -0.2) is 0 Å². The van der Waals surface area contributed by atoms with Crippen LogP contribution < -0.4 is 3.28 Å². The second-order valence-corrected chi connectivity index (χ2v) is 2.96. The Labute approximate surface area is 73.9 Å². The van der Waals surface area contributed by atoms with Crippen LogP contribution in [0.25, 0.3) is 0 Å². The number of rotatable bonds is 1. The van der Waals surface area contributed by atoms with E-state index >= 15 is 0 Å².